The number of thioether (sulfide) groups is 1. The molecule has 3 heterocycles. The molecule has 170 valence electrons. The van der Waals surface area contributed by atoms with Crippen LogP contribution in [-0.4, -0.2) is 19.5 Å². The van der Waals surface area contributed by atoms with E-state index in [1.165, 1.54) is 11.8 Å². The molecule has 0 spiro atoms. The molecule has 0 atom stereocenters. The van der Waals surface area contributed by atoms with Crippen molar-refractivity contribution in [1.82, 2.24) is 19.5 Å². The molecule has 0 bridgehead atoms. The predicted octanol–water partition coefficient (Wildman–Crippen LogP) is 6.64. The van der Waals surface area contributed by atoms with Gasteiger partial charge in [0, 0.05) is 34.1 Å². The number of benzene rings is 2. The second-order valence-corrected chi connectivity index (χ2v) is 9.79. The molecular weight excluding hydrogens is 468 g/mol. The van der Waals surface area contributed by atoms with Gasteiger partial charge in [-0.3, -0.25) is 9.36 Å². The van der Waals surface area contributed by atoms with E-state index in [0.717, 1.165) is 41.0 Å². The number of H-pyrrole nitrogens is 1. The Morgan fingerprint density at radius 2 is 1.91 bits per heavy atom. The van der Waals surface area contributed by atoms with Crippen LogP contribution in [0.2, 0.25) is 5.02 Å². The molecule has 0 unspecified atom stereocenters. The van der Waals surface area contributed by atoms with Gasteiger partial charge in [-0.2, -0.15) is 0 Å². The molecule has 1 saturated carbocycles. The number of fused-ring (bicyclic) bond motifs is 1. The van der Waals surface area contributed by atoms with E-state index in [4.69, 9.17) is 26.0 Å². The SMILES string of the molecule is Cc1oc(-c2cccc(Cl)c2)nc1CSc1nc2c(-c3ccccc3)c[nH]c2c(=O)n1C1CC1. The van der Waals surface area contributed by atoms with E-state index in [9.17, 15) is 4.79 Å². The monoisotopic (exact) mass is 488 g/mol. The van der Waals surface area contributed by atoms with E-state index >= 15 is 0 Å². The van der Waals surface area contributed by atoms with E-state index in [0.29, 0.717) is 32.9 Å². The number of hydrogen-bond acceptors (Lipinski definition) is 5. The molecule has 0 saturated heterocycles. The highest BCUT2D eigenvalue weighted by Crippen LogP contribution is 2.38. The predicted molar refractivity (Wildman–Crippen MR) is 135 cm³/mol. The Bertz CT molecular complexity index is 1570. The molecule has 0 radical (unpaired) electrons. The molecule has 1 fully saturated rings. The first-order chi connectivity index (χ1) is 16.6. The molecule has 5 aromatic rings. The van der Waals surface area contributed by atoms with Crippen LogP contribution in [0.25, 0.3) is 33.6 Å². The average Bonchev–Trinajstić information content (AvgIpc) is 3.47. The Balaban J connectivity index is 1.37. The smallest absolute Gasteiger partial charge is 0.278 e. The van der Waals surface area contributed by atoms with Crippen molar-refractivity contribution in [2.24, 2.45) is 0 Å². The molecular formula is C26H21ClN4O2S. The van der Waals surface area contributed by atoms with Gasteiger partial charge in [-0.25, -0.2) is 9.97 Å². The zero-order valence-electron chi connectivity index (χ0n) is 18.4. The Morgan fingerprint density at radius 3 is 2.68 bits per heavy atom. The number of nitrogens with zero attached hydrogens (tertiary/aromatic N) is 3. The number of nitrogens with one attached hydrogen (secondary N) is 1. The third-order valence-corrected chi connectivity index (χ3v) is 7.20. The Hall–Kier alpha value is -3.29. The van der Waals surface area contributed by atoms with E-state index in [2.05, 4.69) is 4.98 Å². The number of rotatable bonds is 6. The van der Waals surface area contributed by atoms with E-state index in [1.54, 1.807) is 0 Å². The number of aryl methyl sites for hydroxylation is 1. The summed E-state index contributed by atoms with van der Waals surface area (Å²) in [6.45, 7) is 1.90. The lowest BCUT2D eigenvalue weighted by molar-refractivity contribution is 0.540. The average molecular weight is 489 g/mol. The van der Waals surface area contributed by atoms with Gasteiger partial charge in [-0.05, 0) is 43.5 Å². The number of hydrogen-bond donors (Lipinski definition) is 1. The largest absolute Gasteiger partial charge is 0.441 e. The van der Waals surface area contributed by atoms with Crippen molar-refractivity contribution in [2.75, 3.05) is 0 Å². The Morgan fingerprint density at radius 1 is 1.12 bits per heavy atom. The second-order valence-electron chi connectivity index (χ2n) is 8.41. The number of aromatic amines is 1. The van der Waals surface area contributed by atoms with Crippen molar-refractivity contribution in [1.29, 1.82) is 0 Å². The van der Waals surface area contributed by atoms with Gasteiger partial charge in [-0.1, -0.05) is 59.8 Å². The molecule has 0 aliphatic heterocycles. The number of halogens is 1. The van der Waals surface area contributed by atoms with Crippen LogP contribution >= 0.6 is 23.4 Å². The van der Waals surface area contributed by atoms with Crippen LogP contribution in [0.15, 0.2) is 75.2 Å². The van der Waals surface area contributed by atoms with Gasteiger partial charge >= 0.3 is 0 Å². The maximum Gasteiger partial charge on any atom is 0.278 e. The molecule has 0 amide bonds. The fourth-order valence-corrected chi connectivity index (χ4v) is 5.34. The maximum absolute atomic E-state index is 13.4. The molecule has 2 aromatic carbocycles. The van der Waals surface area contributed by atoms with Gasteiger partial charge < -0.3 is 9.40 Å². The van der Waals surface area contributed by atoms with Crippen LogP contribution in [0.5, 0.6) is 0 Å². The Labute approximate surface area is 205 Å². The number of oxazole rings is 1. The fraction of sp³-hybridized carbons (Fsp3) is 0.192. The summed E-state index contributed by atoms with van der Waals surface area (Å²) in [6.07, 6.45) is 3.86. The van der Waals surface area contributed by atoms with Crippen molar-refractivity contribution in [3.05, 3.63) is 87.6 Å². The molecule has 6 nitrogen and oxygen atoms in total. The highest BCUT2D eigenvalue weighted by molar-refractivity contribution is 7.98. The molecule has 6 rings (SSSR count). The van der Waals surface area contributed by atoms with Gasteiger partial charge in [-0.15, -0.1) is 0 Å². The summed E-state index contributed by atoms with van der Waals surface area (Å²) in [5.74, 6) is 1.83. The van der Waals surface area contributed by atoms with Crippen molar-refractivity contribution in [3.8, 4) is 22.6 Å². The standard InChI is InChI=1S/C26H21ClN4O2S/c1-15-21(29-24(33-15)17-8-5-9-18(27)12-17)14-34-26-30-22-20(16-6-3-2-4-7-16)13-28-23(22)25(32)31(26)19-10-11-19/h2-9,12-13,19,28H,10-11,14H2,1H3. The zero-order chi connectivity index (χ0) is 23.2. The van der Waals surface area contributed by atoms with Gasteiger partial charge in [0.15, 0.2) is 5.16 Å². The fourth-order valence-electron chi connectivity index (χ4n) is 4.09. The quantitative estimate of drug-likeness (QED) is 0.214. The molecule has 1 N–H and O–H groups in total. The zero-order valence-corrected chi connectivity index (χ0v) is 20.0. The van der Waals surface area contributed by atoms with Gasteiger partial charge in [0.2, 0.25) is 5.89 Å². The Kier molecular flexibility index (Phi) is 5.31. The normalized spacial score (nSPS) is 13.6. The lowest BCUT2D eigenvalue weighted by Gasteiger charge is -2.11. The first-order valence-corrected chi connectivity index (χ1v) is 12.5. The minimum Gasteiger partial charge on any atom is -0.441 e. The summed E-state index contributed by atoms with van der Waals surface area (Å²) in [6, 6.07) is 17.7. The van der Waals surface area contributed by atoms with E-state index in [1.807, 2.05) is 72.3 Å². The van der Waals surface area contributed by atoms with Crippen LogP contribution in [-0.2, 0) is 5.75 Å². The van der Waals surface area contributed by atoms with E-state index in [-0.39, 0.29) is 11.6 Å². The first kappa shape index (κ1) is 21.3. The third kappa shape index (κ3) is 3.85. The van der Waals surface area contributed by atoms with Crippen LogP contribution in [0.1, 0.15) is 30.3 Å². The minimum atomic E-state index is -0.0197. The third-order valence-electron chi connectivity index (χ3n) is 6.00. The van der Waals surface area contributed by atoms with Crippen molar-refractivity contribution in [3.63, 3.8) is 0 Å². The highest BCUT2D eigenvalue weighted by Gasteiger charge is 2.30. The molecule has 34 heavy (non-hydrogen) atoms. The van der Waals surface area contributed by atoms with E-state index < -0.39 is 0 Å². The molecule has 3 aromatic heterocycles. The highest BCUT2D eigenvalue weighted by atomic mass is 35.5. The summed E-state index contributed by atoms with van der Waals surface area (Å²) in [5, 5.41) is 1.35. The summed E-state index contributed by atoms with van der Waals surface area (Å²) >= 11 is 7.65. The van der Waals surface area contributed by atoms with Gasteiger partial charge in [0.1, 0.15) is 16.8 Å². The van der Waals surface area contributed by atoms with Gasteiger partial charge in [0.25, 0.3) is 5.56 Å². The summed E-state index contributed by atoms with van der Waals surface area (Å²) in [5.41, 5.74) is 4.85. The topological polar surface area (TPSA) is 76.7 Å². The number of aromatic nitrogens is 4. The van der Waals surface area contributed by atoms with Crippen molar-refractivity contribution >= 4 is 34.4 Å². The lowest BCUT2D eigenvalue weighted by Crippen LogP contribution is -2.22. The van der Waals surface area contributed by atoms with Crippen LogP contribution in [0.3, 0.4) is 0 Å². The van der Waals surface area contributed by atoms with Crippen LogP contribution in [0, 0.1) is 6.92 Å². The maximum atomic E-state index is 13.4. The molecule has 1 aliphatic rings. The summed E-state index contributed by atoms with van der Waals surface area (Å²) in [7, 11) is 0. The van der Waals surface area contributed by atoms with Crippen molar-refractivity contribution < 1.29 is 4.42 Å². The van der Waals surface area contributed by atoms with Crippen LogP contribution < -0.4 is 5.56 Å². The summed E-state index contributed by atoms with van der Waals surface area (Å²) < 4.78 is 7.75. The second kappa shape index (κ2) is 8.49. The molecule has 1 aliphatic carbocycles. The van der Waals surface area contributed by atoms with Crippen molar-refractivity contribution in [2.45, 2.75) is 36.7 Å². The first-order valence-electron chi connectivity index (χ1n) is 11.1. The molecule has 8 heteroatoms. The minimum absolute atomic E-state index is 0.0197. The summed E-state index contributed by atoms with van der Waals surface area (Å²) in [4.78, 5) is 26.2. The lowest BCUT2D eigenvalue weighted by atomic mass is 10.1. The van der Waals surface area contributed by atoms with Crippen LogP contribution in [0.4, 0.5) is 0 Å². The van der Waals surface area contributed by atoms with Gasteiger partial charge in [0.05, 0.1) is 5.69 Å².